The number of carbonyl (C=O) groups is 2. The van der Waals surface area contributed by atoms with E-state index in [0.29, 0.717) is 42.5 Å². The highest BCUT2D eigenvalue weighted by molar-refractivity contribution is 6.06. The summed E-state index contributed by atoms with van der Waals surface area (Å²) >= 11 is 0. The number of aryl methyl sites for hydroxylation is 1. The minimum Gasteiger partial charge on any atom is -0.491 e. The summed E-state index contributed by atoms with van der Waals surface area (Å²) in [5.74, 6) is -0.454. The SMILES string of the molecule is CCOCCOc1ccc(C(=O)Nc2cc(NC(=O)c3cccc(C(F)(F)F)c3)ccc2C)cc1. The Kier molecular flexibility index (Phi) is 8.48. The van der Waals surface area contributed by atoms with Gasteiger partial charge in [0.25, 0.3) is 11.8 Å². The van der Waals surface area contributed by atoms with Crippen LogP contribution in [-0.2, 0) is 10.9 Å². The minimum atomic E-state index is -4.55. The van der Waals surface area contributed by atoms with E-state index in [0.717, 1.165) is 17.7 Å². The van der Waals surface area contributed by atoms with Gasteiger partial charge in [-0.3, -0.25) is 9.59 Å². The Morgan fingerprint density at radius 1 is 0.857 bits per heavy atom. The van der Waals surface area contributed by atoms with Crippen LogP contribution in [0.2, 0.25) is 0 Å². The Balaban J connectivity index is 1.66. The molecule has 0 bridgehead atoms. The molecular weight excluding hydrogens is 461 g/mol. The maximum absolute atomic E-state index is 12.9. The molecule has 0 unspecified atom stereocenters. The van der Waals surface area contributed by atoms with Gasteiger partial charge in [-0.2, -0.15) is 13.2 Å². The first-order valence-corrected chi connectivity index (χ1v) is 10.9. The summed E-state index contributed by atoms with van der Waals surface area (Å²) < 4.78 is 49.6. The lowest BCUT2D eigenvalue weighted by atomic mass is 10.1. The third-order valence-electron chi connectivity index (χ3n) is 5.01. The van der Waals surface area contributed by atoms with E-state index < -0.39 is 17.6 Å². The molecule has 0 saturated carbocycles. The number of amides is 2. The van der Waals surface area contributed by atoms with Crippen molar-refractivity contribution < 1.29 is 32.2 Å². The molecule has 0 aromatic heterocycles. The fraction of sp³-hybridized carbons (Fsp3) is 0.231. The van der Waals surface area contributed by atoms with Gasteiger partial charge in [0.1, 0.15) is 12.4 Å². The van der Waals surface area contributed by atoms with E-state index in [1.807, 2.05) is 6.92 Å². The maximum atomic E-state index is 12.9. The van der Waals surface area contributed by atoms with E-state index in [4.69, 9.17) is 9.47 Å². The zero-order valence-electron chi connectivity index (χ0n) is 19.2. The smallest absolute Gasteiger partial charge is 0.416 e. The first kappa shape index (κ1) is 25.8. The molecule has 0 spiro atoms. The molecule has 3 aromatic carbocycles. The number of rotatable bonds is 9. The van der Waals surface area contributed by atoms with E-state index in [2.05, 4.69) is 10.6 Å². The van der Waals surface area contributed by atoms with Crippen LogP contribution < -0.4 is 15.4 Å². The molecule has 6 nitrogen and oxygen atoms in total. The Hall–Kier alpha value is -3.85. The lowest BCUT2D eigenvalue weighted by molar-refractivity contribution is -0.137. The summed E-state index contributed by atoms with van der Waals surface area (Å²) in [5.41, 5.74) is 0.883. The predicted octanol–water partition coefficient (Wildman–Crippen LogP) is 5.93. The van der Waals surface area contributed by atoms with Crippen LogP contribution in [0, 0.1) is 6.92 Å². The largest absolute Gasteiger partial charge is 0.491 e. The third-order valence-corrected chi connectivity index (χ3v) is 5.01. The number of alkyl halides is 3. The Morgan fingerprint density at radius 2 is 1.57 bits per heavy atom. The van der Waals surface area contributed by atoms with Crippen LogP contribution in [0.15, 0.2) is 66.7 Å². The zero-order valence-corrected chi connectivity index (χ0v) is 19.2. The van der Waals surface area contributed by atoms with Gasteiger partial charge in [-0.1, -0.05) is 12.1 Å². The third kappa shape index (κ3) is 7.31. The second-order valence-corrected chi connectivity index (χ2v) is 7.59. The molecule has 0 aliphatic carbocycles. The Bertz CT molecular complexity index is 1180. The Morgan fingerprint density at radius 3 is 2.26 bits per heavy atom. The second kappa shape index (κ2) is 11.5. The van der Waals surface area contributed by atoms with Gasteiger partial charge >= 0.3 is 6.18 Å². The molecule has 9 heteroatoms. The topological polar surface area (TPSA) is 76.7 Å². The Labute approximate surface area is 201 Å². The fourth-order valence-electron chi connectivity index (χ4n) is 3.13. The van der Waals surface area contributed by atoms with Gasteiger partial charge < -0.3 is 20.1 Å². The summed E-state index contributed by atoms with van der Waals surface area (Å²) in [6.45, 7) is 5.16. The van der Waals surface area contributed by atoms with Gasteiger partial charge in [0, 0.05) is 29.1 Å². The molecule has 0 aliphatic rings. The average molecular weight is 486 g/mol. The van der Waals surface area contributed by atoms with Crippen molar-refractivity contribution in [3.63, 3.8) is 0 Å². The molecule has 2 amide bonds. The van der Waals surface area contributed by atoms with Crippen molar-refractivity contribution in [2.75, 3.05) is 30.5 Å². The number of carbonyl (C=O) groups excluding carboxylic acids is 2. The molecule has 0 saturated heterocycles. The van der Waals surface area contributed by atoms with Crippen LogP contribution in [0.3, 0.4) is 0 Å². The standard InChI is InChI=1S/C26H25F3N2O4/c1-3-34-13-14-35-22-11-8-18(9-12-22)24(32)31-23-16-21(10-7-17(23)2)30-25(33)19-5-4-6-20(15-19)26(27,28)29/h4-12,15-16H,3,13-14H2,1-2H3,(H,30,33)(H,31,32). The van der Waals surface area contributed by atoms with Crippen molar-refractivity contribution in [1.29, 1.82) is 0 Å². The summed E-state index contributed by atoms with van der Waals surface area (Å²) in [5, 5.41) is 5.36. The number of nitrogens with one attached hydrogen (secondary N) is 2. The number of anilines is 2. The van der Waals surface area contributed by atoms with Gasteiger partial charge in [0.15, 0.2) is 0 Å². The minimum absolute atomic E-state index is 0.130. The summed E-state index contributed by atoms with van der Waals surface area (Å²) in [6, 6.07) is 15.6. The summed E-state index contributed by atoms with van der Waals surface area (Å²) in [7, 11) is 0. The lowest BCUT2D eigenvalue weighted by Gasteiger charge is -2.13. The van der Waals surface area contributed by atoms with E-state index >= 15 is 0 Å². The van der Waals surface area contributed by atoms with E-state index in [-0.39, 0.29) is 11.5 Å². The highest BCUT2D eigenvalue weighted by Gasteiger charge is 2.30. The monoisotopic (exact) mass is 486 g/mol. The van der Waals surface area contributed by atoms with Crippen molar-refractivity contribution >= 4 is 23.2 Å². The van der Waals surface area contributed by atoms with Crippen molar-refractivity contribution in [1.82, 2.24) is 0 Å². The van der Waals surface area contributed by atoms with Gasteiger partial charge in [0.2, 0.25) is 0 Å². The van der Waals surface area contributed by atoms with Crippen LogP contribution in [-0.4, -0.2) is 31.6 Å². The first-order valence-electron chi connectivity index (χ1n) is 10.9. The molecule has 0 fully saturated rings. The molecule has 184 valence electrons. The molecule has 0 heterocycles. The van der Waals surface area contributed by atoms with Crippen molar-refractivity contribution in [2.45, 2.75) is 20.0 Å². The number of hydrogen-bond donors (Lipinski definition) is 2. The molecule has 0 radical (unpaired) electrons. The molecule has 3 aromatic rings. The van der Waals surface area contributed by atoms with Gasteiger partial charge in [-0.05, 0) is 74.0 Å². The lowest BCUT2D eigenvalue weighted by Crippen LogP contribution is -2.15. The van der Waals surface area contributed by atoms with Crippen LogP contribution in [0.1, 0.15) is 38.8 Å². The van der Waals surface area contributed by atoms with Crippen molar-refractivity contribution in [2.24, 2.45) is 0 Å². The van der Waals surface area contributed by atoms with Gasteiger partial charge in [0.05, 0.1) is 12.2 Å². The molecule has 0 atom stereocenters. The van der Waals surface area contributed by atoms with Crippen molar-refractivity contribution in [3.8, 4) is 5.75 Å². The number of benzene rings is 3. The van der Waals surface area contributed by atoms with Crippen LogP contribution >= 0.6 is 0 Å². The highest BCUT2D eigenvalue weighted by atomic mass is 19.4. The maximum Gasteiger partial charge on any atom is 0.416 e. The summed E-state index contributed by atoms with van der Waals surface area (Å²) in [6.07, 6.45) is -4.55. The predicted molar refractivity (Wildman–Crippen MR) is 127 cm³/mol. The molecule has 3 rings (SSSR count). The zero-order chi connectivity index (χ0) is 25.4. The van der Waals surface area contributed by atoms with Crippen LogP contribution in [0.5, 0.6) is 5.75 Å². The summed E-state index contributed by atoms with van der Waals surface area (Å²) in [4.78, 5) is 25.2. The average Bonchev–Trinajstić information content (AvgIpc) is 2.84. The van der Waals surface area contributed by atoms with Gasteiger partial charge in [-0.25, -0.2) is 0 Å². The number of ether oxygens (including phenoxy) is 2. The molecule has 35 heavy (non-hydrogen) atoms. The first-order chi connectivity index (χ1) is 16.7. The second-order valence-electron chi connectivity index (χ2n) is 7.59. The highest BCUT2D eigenvalue weighted by Crippen LogP contribution is 2.30. The number of halogens is 3. The van der Waals surface area contributed by atoms with E-state index in [1.54, 1.807) is 49.4 Å². The number of hydrogen-bond acceptors (Lipinski definition) is 4. The van der Waals surface area contributed by atoms with E-state index in [9.17, 15) is 22.8 Å². The van der Waals surface area contributed by atoms with Crippen LogP contribution in [0.4, 0.5) is 24.5 Å². The van der Waals surface area contributed by atoms with Crippen LogP contribution in [0.25, 0.3) is 0 Å². The van der Waals surface area contributed by atoms with Crippen molar-refractivity contribution in [3.05, 3.63) is 89.0 Å². The van der Waals surface area contributed by atoms with Gasteiger partial charge in [-0.15, -0.1) is 0 Å². The molecule has 0 aliphatic heterocycles. The molecular formula is C26H25F3N2O4. The molecule has 2 N–H and O–H groups in total. The fourth-order valence-corrected chi connectivity index (χ4v) is 3.13. The quantitative estimate of drug-likeness (QED) is 0.368. The van der Waals surface area contributed by atoms with E-state index in [1.165, 1.54) is 12.1 Å². The normalized spacial score (nSPS) is 11.1.